The van der Waals surface area contributed by atoms with Crippen molar-refractivity contribution in [3.05, 3.63) is 65.4 Å². The zero-order chi connectivity index (χ0) is 17.4. The lowest BCUT2D eigenvalue weighted by Gasteiger charge is -2.04. The number of hydrogen-bond donors (Lipinski definition) is 0. The number of esters is 1. The molecule has 2 atom stereocenters. The predicted octanol–water partition coefficient (Wildman–Crippen LogP) is 4.00. The van der Waals surface area contributed by atoms with E-state index in [1.165, 1.54) is 18.6 Å². The van der Waals surface area contributed by atoms with Crippen molar-refractivity contribution in [1.82, 2.24) is 4.37 Å². The second-order valence-corrected chi connectivity index (χ2v) is 7.24. The fourth-order valence-corrected chi connectivity index (χ4v) is 3.96. The Balaban J connectivity index is 1.41. The molecule has 1 unspecified atom stereocenters. The van der Waals surface area contributed by atoms with Crippen LogP contribution in [0.4, 0.5) is 0 Å². The molecule has 4 rings (SSSR count). The summed E-state index contributed by atoms with van der Waals surface area (Å²) in [6, 6.07) is 13.5. The van der Waals surface area contributed by atoms with Gasteiger partial charge in [0.05, 0.1) is 17.4 Å². The van der Waals surface area contributed by atoms with E-state index < -0.39 is 0 Å². The van der Waals surface area contributed by atoms with E-state index in [-0.39, 0.29) is 23.6 Å². The largest absolute Gasteiger partial charge is 0.465 e. The molecule has 126 valence electrons. The maximum Gasteiger partial charge on any atom is 0.337 e. The molecule has 0 aliphatic heterocycles. The summed E-state index contributed by atoms with van der Waals surface area (Å²) in [5.41, 5.74) is 2.70. The van der Waals surface area contributed by atoms with Gasteiger partial charge in [-0.1, -0.05) is 24.3 Å². The molecule has 0 saturated heterocycles. The normalized spacial score (nSPS) is 18.9. The third-order valence-corrected chi connectivity index (χ3v) is 5.52. The fourth-order valence-electron chi connectivity index (χ4n) is 3.25. The van der Waals surface area contributed by atoms with Gasteiger partial charge >= 0.3 is 5.97 Å². The Labute approximate surface area is 149 Å². The molecule has 0 spiro atoms. The third-order valence-electron chi connectivity index (χ3n) is 4.76. The highest BCUT2D eigenvalue weighted by molar-refractivity contribution is 7.13. The van der Waals surface area contributed by atoms with Gasteiger partial charge in [0.15, 0.2) is 0 Å². The van der Waals surface area contributed by atoms with Crippen molar-refractivity contribution in [2.75, 3.05) is 7.11 Å². The summed E-state index contributed by atoms with van der Waals surface area (Å²) in [5, 5.41) is 1.12. The zero-order valence-electron chi connectivity index (χ0n) is 13.8. The molecule has 2 aromatic carbocycles. The van der Waals surface area contributed by atoms with Gasteiger partial charge in [-0.2, -0.15) is 4.37 Å². The first-order chi connectivity index (χ1) is 12.2. The Kier molecular flexibility index (Phi) is 4.09. The van der Waals surface area contributed by atoms with E-state index in [0.29, 0.717) is 12.0 Å². The lowest BCUT2D eigenvalue weighted by atomic mass is 10.0. The quantitative estimate of drug-likeness (QED) is 0.652. The fraction of sp³-hybridized carbons (Fsp3) is 0.250. The van der Waals surface area contributed by atoms with Crippen LogP contribution in [-0.4, -0.2) is 23.2 Å². The summed E-state index contributed by atoms with van der Waals surface area (Å²) in [5.74, 6) is 0.298. The highest BCUT2D eigenvalue weighted by Gasteiger charge is 2.43. The first-order valence-electron chi connectivity index (χ1n) is 8.20. The van der Waals surface area contributed by atoms with Crippen molar-refractivity contribution in [3.63, 3.8) is 0 Å². The molecule has 1 saturated carbocycles. The van der Waals surface area contributed by atoms with Crippen LogP contribution in [0.1, 0.15) is 33.8 Å². The molecule has 5 heteroatoms. The highest BCUT2D eigenvalue weighted by atomic mass is 32.1. The van der Waals surface area contributed by atoms with Gasteiger partial charge in [-0.3, -0.25) is 4.79 Å². The Hall–Kier alpha value is -2.53. The summed E-state index contributed by atoms with van der Waals surface area (Å²) in [4.78, 5) is 24.0. The van der Waals surface area contributed by atoms with Crippen LogP contribution in [0, 0.1) is 5.92 Å². The van der Waals surface area contributed by atoms with Crippen molar-refractivity contribution in [3.8, 4) is 0 Å². The van der Waals surface area contributed by atoms with E-state index in [9.17, 15) is 9.59 Å². The molecule has 3 aromatic rings. The number of methoxy groups -OCH3 is 1. The number of nitrogens with zero attached hydrogens (tertiary/aromatic N) is 1. The molecule has 4 nitrogen and oxygen atoms in total. The average molecular weight is 351 g/mol. The molecule has 1 fully saturated rings. The number of benzene rings is 2. The highest BCUT2D eigenvalue weighted by Crippen LogP contribution is 2.48. The molecule has 1 aliphatic rings. The zero-order valence-corrected chi connectivity index (χ0v) is 14.6. The predicted molar refractivity (Wildman–Crippen MR) is 97.0 cm³/mol. The van der Waals surface area contributed by atoms with Crippen molar-refractivity contribution >= 4 is 33.4 Å². The number of carbonyl (C=O) groups is 2. The molecule has 0 radical (unpaired) electrons. The summed E-state index contributed by atoms with van der Waals surface area (Å²) in [7, 11) is 1.37. The maximum absolute atomic E-state index is 12.6. The molecule has 1 aliphatic carbocycles. The minimum atomic E-state index is -0.339. The Morgan fingerprint density at radius 2 is 2.00 bits per heavy atom. The van der Waals surface area contributed by atoms with Gasteiger partial charge in [0.2, 0.25) is 0 Å². The minimum Gasteiger partial charge on any atom is -0.465 e. The molecule has 0 N–H and O–H groups in total. The SMILES string of the molecule is COC(=O)c1ccc(C2C[C@@H]2C(=O)Cc2ccc3cnsc3c2)cc1. The van der Waals surface area contributed by atoms with Crippen molar-refractivity contribution in [2.45, 2.75) is 18.8 Å². The van der Waals surface area contributed by atoms with Crippen LogP contribution in [0.3, 0.4) is 0 Å². The van der Waals surface area contributed by atoms with Gasteiger partial charge in [0, 0.05) is 23.9 Å². The van der Waals surface area contributed by atoms with Crippen molar-refractivity contribution < 1.29 is 14.3 Å². The number of hydrogen-bond acceptors (Lipinski definition) is 5. The van der Waals surface area contributed by atoms with Crippen molar-refractivity contribution in [1.29, 1.82) is 0 Å². The van der Waals surface area contributed by atoms with Gasteiger partial charge in [0.1, 0.15) is 5.78 Å². The number of fused-ring (bicyclic) bond motifs is 1. The van der Waals surface area contributed by atoms with Crippen LogP contribution in [0.5, 0.6) is 0 Å². The second-order valence-electron chi connectivity index (χ2n) is 6.40. The summed E-state index contributed by atoms with van der Waals surface area (Å²) in [6.45, 7) is 0. The van der Waals surface area contributed by atoms with Crippen LogP contribution >= 0.6 is 11.5 Å². The Morgan fingerprint density at radius 1 is 1.20 bits per heavy atom. The van der Waals surface area contributed by atoms with Gasteiger partial charge in [-0.05, 0) is 53.2 Å². The minimum absolute atomic E-state index is 0.0844. The molecule has 0 amide bonds. The van der Waals surface area contributed by atoms with E-state index in [0.717, 1.165) is 27.6 Å². The number of Topliss-reactive ketones (excluding diaryl/α,β-unsaturated/α-hetero) is 1. The van der Waals surface area contributed by atoms with Gasteiger partial charge in [-0.15, -0.1) is 0 Å². The van der Waals surface area contributed by atoms with Crippen molar-refractivity contribution in [2.24, 2.45) is 5.92 Å². The third kappa shape index (κ3) is 3.20. The molecular weight excluding hydrogens is 334 g/mol. The number of ketones is 1. The van der Waals surface area contributed by atoms with Crippen LogP contribution in [0.15, 0.2) is 48.7 Å². The first kappa shape index (κ1) is 16.0. The van der Waals surface area contributed by atoms with Gasteiger partial charge in [0.25, 0.3) is 0 Å². The number of ether oxygens (including phenoxy) is 1. The van der Waals surface area contributed by atoms with Crippen LogP contribution < -0.4 is 0 Å². The molecule has 0 bridgehead atoms. The van der Waals surface area contributed by atoms with Crippen LogP contribution in [-0.2, 0) is 16.0 Å². The molecular formula is C20H17NO3S. The molecule has 1 heterocycles. The topological polar surface area (TPSA) is 56.3 Å². The lowest BCUT2D eigenvalue weighted by molar-refractivity contribution is -0.119. The van der Waals surface area contributed by atoms with Gasteiger partial charge in [-0.25, -0.2) is 4.79 Å². The van der Waals surface area contributed by atoms with E-state index in [2.05, 4.69) is 10.4 Å². The summed E-state index contributed by atoms with van der Waals surface area (Å²) < 4.78 is 10.00. The summed E-state index contributed by atoms with van der Waals surface area (Å²) >= 11 is 1.46. The van der Waals surface area contributed by atoms with Crippen LogP contribution in [0.25, 0.3) is 10.1 Å². The van der Waals surface area contributed by atoms with Gasteiger partial charge < -0.3 is 4.74 Å². The molecule has 25 heavy (non-hydrogen) atoms. The smallest absolute Gasteiger partial charge is 0.337 e. The Morgan fingerprint density at radius 3 is 2.76 bits per heavy atom. The second kappa shape index (κ2) is 6.41. The van der Waals surface area contributed by atoms with E-state index in [1.807, 2.05) is 30.5 Å². The van der Waals surface area contributed by atoms with E-state index in [1.54, 1.807) is 12.1 Å². The average Bonchev–Trinajstić information content (AvgIpc) is 3.31. The van der Waals surface area contributed by atoms with Crippen LogP contribution in [0.2, 0.25) is 0 Å². The number of carbonyl (C=O) groups excluding carboxylic acids is 2. The first-order valence-corrected chi connectivity index (χ1v) is 8.97. The summed E-state index contributed by atoms with van der Waals surface area (Å²) in [6.07, 6.45) is 3.20. The number of aromatic nitrogens is 1. The van der Waals surface area contributed by atoms with E-state index in [4.69, 9.17) is 4.74 Å². The monoisotopic (exact) mass is 351 g/mol. The van der Waals surface area contributed by atoms with E-state index >= 15 is 0 Å². The Bertz CT molecular complexity index is 945. The molecule has 1 aromatic heterocycles. The lowest BCUT2D eigenvalue weighted by Crippen LogP contribution is -2.06. The standard InChI is InChI=1S/C20H17NO3S/c1-24-20(23)14-6-4-13(5-7-14)16-10-17(16)18(22)8-12-2-3-15-11-21-25-19(15)9-12/h2-7,9,11,16-17H,8,10H2,1H3/t16?,17-/m0/s1. The maximum atomic E-state index is 12.6. The number of rotatable bonds is 5.